The maximum atomic E-state index is 6.23. The van der Waals surface area contributed by atoms with Gasteiger partial charge >= 0.3 is 0 Å². The van der Waals surface area contributed by atoms with E-state index < -0.39 is 0 Å². The van der Waals surface area contributed by atoms with Gasteiger partial charge in [0.25, 0.3) is 0 Å². The molecule has 1 saturated carbocycles. The Bertz CT molecular complexity index is 377. The number of ether oxygens (including phenoxy) is 1. The summed E-state index contributed by atoms with van der Waals surface area (Å²) in [5.41, 5.74) is 8.56. The van der Waals surface area contributed by atoms with Crippen molar-refractivity contribution in [3.63, 3.8) is 0 Å². The van der Waals surface area contributed by atoms with Crippen molar-refractivity contribution < 1.29 is 4.74 Å². The van der Waals surface area contributed by atoms with Crippen LogP contribution >= 0.6 is 0 Å². The fourth-order valence-corrected chi connectivity index (χ4v) is 2.74. The Labute approximate surface area is 103 Å². The first-order valence-electron chi connectivity index (χ1n) is 6.35. The zero-order valence-electron chi connectivity index (χ0n) is 11.1. The van der Waals surface area contributed by atoms with E-state index in [0.29, 0.717) is 0 Å². The molecule has 0 aromatic carbocycles. The second-order valence-electron chi connectivity index (χ2n) is 5.31. The molecule has 1 heterocycles. The van der Waals surface area contributed by atoms with Crippen molar-refractivity contribution in [2.75, 3.05) is 7.11 Å². The van der Waals surface area contributed by atoms with Crippen molar-refractivity contribution >= 4 is 0 Å². The van der Waals surface area contributed by atoms with Crippen LogP contribution in [0.15, 0.2) is 6.07 Å². The third-order valence-corrected chi connectivity index (χ3v) is 3.90. The summed E-state index contributed by atoms with van der Waals surface area (Å²) >= 11 is 0. The van der Waals surface area contributed by atoms with E-state index >= 15 is 0 Å². The van der Waals surface area contributed by atoms with Crippen LogP contribution in [0.1, 0.15) is 37.1 Å². The second-order valence-corrected chi connectivity index (χ2v) is 5.31. The number of rotatable bonds is 5. The summed E-state index contributed by atoms with van der Waals surface area (Å²) in [6.45, 7) is 2.01. The van der Waals surface area contributed by atoms with Gasteiger partial charge in [0, 0.05) is 32.3 Å². The number of aromatic nitrogens is 2. The van der Waals surface area contributed by atoms with Crippen molar-refractivity contribution in [1.82, 2.24) is 9.78 Å². The predicted molar refractivity (Wildman–Crippen MR) is 67.8 cm³/mol. The molecule has 17 heavy (non-hydrogen) atoms. The Hall–Kier alpha value is -0.870. The summed E-state index contributed by atoms with van der Waals surface area (Å²) < 4.78 is 7.54. The third kappa shape index (κ3) is 2.69. The summed E-state index contributed by atoms with van der Waals surface area (Å²) in [6.07, 6.45) is 5.41. The molecule has 0 spiro atoms. The van der Waals surface area contributed by atoms with Crippen LogP contribution in [0.4, 0.5) is 0 Å². The van der Waals surface area contributed by atoms with Gasteiger partial charge in [0.1, 0.15) is 0 Å². The predicted octanol–water partition coefficient (Wildman–Crippen LogP) is 1.56. The molecule has 1 unspecified atom stereocenters. The van der Waals surface area contributed by atoms with Gasteiger partial charge in [-0.15, -0.1) is 0 Å². The molecule has 0 saturated heterocycles. The molecule has 0 amide bonds. The highest BCUT2D eigenvalue weighted by Gasteiger charge is 2.38. The lowest BCUT2D eigenvalue weighted by atomic mass is 9.75. The topological polar surface area (TPSA) is 53.1 Å². The number of aryl methyl sites for hydroxylation is 2. The van der Waals surface area contributed by atoms with Crippen molar-refractivity contribution in [2.24, 2.45) is 12.8 Å². The molecule has 2 N–H and O–H groups in total. The van der Waals surface area contributed by atoms with Gasteiger partial charge in [0.15, 0.2) is 0 Å². The van der Waals surface area contributed by atoms with Gasteiger partial charge < -0.3 is 10.5 Å². The van der Waals surface area contributed by atoms with Gasteiger partial charge in [-0.05, 0) is 38.7 Å². The Morgan fingerprint density at radius 1 is 1.59 bits per heavy atom. The van der Waals surface area contributed by atoms with Gasteiger partial charge in [0.05, 0.1) is 11.3 Å². The quantitative estimate of drug-likeness (QED) is 0.845. The van der Waals surface area contributed by atoms with Crippen LogP contribution in [0, 0.1) is 6.92 Å². The molecule has 1 fully saturated rings. The van der Waals surface area contributed by atoms with E-state index in [2.05, 4.69) is 11.2 Å². The molecule has 1 atom stereocenters. The van der Waals surface area contributed by atoms with E-state index in [4.69, 9.17) is 10.5 Å². The zero-order chi connectivity index (χ0) is 12.5. The fourth-order valence-electron chi connectivity index (χ4n) is 2.74. The summed E-state index contributed by atoms with van der Waals surface area (Å²) in [6, 6.07) is 2.27. The summed E-state index contributed by atoms with van der Waals surface area (Å²) in [5, 5.41) is 4.34. The highest BCUT2D eigenvalue weighted by molar-refractivity contribution is 5.10. The van der Waals surface area contributed by atoms with Gasteiger partial charge in [-0.1, -0.05) is 0 Å². The van der Waals surface area contributed by atoms with Crippen LogP contribution in [0.25, 0.3) is 0 Å². The lowest BCUT2D eigenvalue weighted by Gasteiger charge is -2.42. The van der Waals surface area contributed by atoms with Gasteiger partial charge in [0.2, 0.25) is 0 Å². The average molecular weight is 237 g/mol. The normalized spacial score (nSPS) is 20.0. The molecule has 1 aromatic heterocycles. The van der Waals surface area contributed by atoms with E-state index in [1.165, 1.54) is 12.1 Å². The van der Waals surface area contributed by atoms with E-state index in [-0.39, 0.29) is 11.6 Å². The van der Waals surface area contributed by atoms with Crippen molar-refractivity contribution in [3.8, 4) is 0 Å². The molecule has 96 valence electrons. The molecular weight excluding hydrogens is 214 g/mol. The van der Waals surface area contributed by atoms with Crippen LogP contribution in [0.5, 0.6) is 0 Å². The standard InChI is InChI=1S/C13H23N3O/c1-10-7-12(16(2)15-10)8-11(14)9-13(17-3)5-4-6-13/h7,11H,4-6,8-9,14H2,1-3H3. The van der Waals surface area contributed by atoms with Crippen LogP contribution < -0.4 is 5.73 Å². The minimum Gasteiger partial charge on any atom is -0.378 e. The van der Waals surface area contributed by atoms with Crippen molar-refractivity contribution in [3.05, 3.63) is 17.5 Å². The molecule has 1 aliphatic rings. The largest absolute Gasteiger partial charge is 0.378 e. The lowest BCUT2D eigenvalue weighted by Crippen LogP contribution is -2.45. The Balaban J connectivity index is 1.93. The minimum atomic E-state index is 0.0626. The molecule has 1 aromatic rings. The maximum absolute atomic E-state index is 6.23. The summed E-state index contributed by atoms with van der Waals surface area (Å²) in [7, 11) is 3.78. The van der Waals surface area contributed by atoms with E-state index in [0.717, 1.165) is 31.4 Å². The first-order valence-corrected chi connectivity index (χ1v) is 6.35. The van der Waals surface area contributed by atoms with Crippen molar-refractivity contribution in [2.45, 2.75) is 50.7 Å². The number of hydrogen-bond donors (Lipinski definition) is 1. The first kappa shape index (κ1) is 12.6. The van der Waals surface area contributed by atoms with Crippen molar-refractivity contribution in [1.29, 1.82) is 0 Å². The van der Waals surface area contributed by atoms with Crippen LogP contribution in [0.2, 0.25) is 0 Å². The van der Waals surface area contributed by atoms with E-state index in [1.54, 1.807) is 7.11 Å². The Kier molecular flexibility index (Phi) is 3.54. The monoisotopic (exact) mass is 237 g/mol. The minimum absolute atomic E-state index is 0.0626. The maximum Gasteiger partial charge on any atom is 0.0693 e. The molecule has 1 aliphatic carbocycles. The summed E-state index contributed by atoms with van der Waals surface area (Å²) in [4.78, 5) is 0. The fraction of sp³-hybridized carbons (Fsp3) is 0.769. The molecule has 2 rings (SSSR count). The Morgan fingerprint density at radius 3 is 2.71 bits per heavy atom. The molecule has 0 radical (unpaired) electrons. The van der Waals surface area contributed by atoms with E-state index in [9.17, 15) is 0 Å². The lowest BCUT2D eigenvalue weighted by molar-refractivity contribution is -0.0814. The molecule has 0 bridgehead atoms. The number of hydrogen-bond acceptors (Lipinski definition) is 3. The van der Waals surface area contributed by atoms with Gasteiger partial charge in [-0.3, -0.25) is 4.68 Å². The molecule has 4 nitrogen and oxygen atoms in total. The zero-order valence-corrected chi connectivity index (χ0v) is 11.1. The van der Waals surface area contributed by atoms with Crippen LogP contribution in [0.3, 0.4) is 0 Å². The number of nitrogens with two attached hydrogens (primary N) is 1. The first-order chi connectivity index (χ1) is 8.04. The number of nitrogens with zero attached hydrogens (tertiary/aromatic N) is 2. The Morgan fingerprint density at radius 2 is 2.29 bits per heavy atom. The van der Waals surface area contributed by atoms with Gasteiger partial charge in [-0.2, -0.15) is 5.10 Å². The van der Waals surface area contributed by atoms with E-state index in [1.807, 2.05) is 18.7 Å². The van der Waals surface area contributed by atoms with Crippen LogP contribution in [-0.4, -0.2) is 28.5 Å². The summed E-state index contributed by atoms with van der Waals surface area (Å²) in [5.74, 6) is 0. The van der Waals surface area contributed by atoms with Crippen LogP contribution in [-0.2, 0) is 18.2 Å². The molecule has 4 heteroatoms. The highest BCUT2D eigenvalue weighted by Crippen LogP contribution is 2.38. The molecule has 0 aliphatic heterocycles. The SMILES string of the molecule is COC1(CC(N)Cc2cc(C)nn2C)CCC1. The van der Waals surface area contributed by atoms with Gasteiger partial charge in [-0.25, -0.2) is 0 Å². The second kappa shape index (κ2) is 4.78. The highest BCUT2D eigenvalue weighted by atomic mass is 16.5. The number of methoxy groups -OCH3 is 1. The third-order valence-electron chi connectivity index (χ3n) is 3.90. The average Bonchev–Trinajstić information content (AvgIpc) is 2.51. The molecular formula is C13H23N3O. The smallest absolute Gasteiger partial charge is 0.0693 e.